The first-order valence-corrected chi connectivity index (χ1v) is 11.0. The Hall–Kier alpha value is -3.69. The smallest absolute Gasteiger partial charge is 0.165 e. The predicted octanol–water partition coefficient (Wildman–Crippen LogP) is 2.61. The molecule has 0 aromatic carbocycles. The number of aryl methyl sites for hydroxylation is 2. The number of fused-ring (bicyclic) bond motifs is 1. The molecule has 0 spiro atoms. The number of piperidine rings is 1. The lowest BCUT2D eigenvalue weighted by molar-refractivity contribution is 0.524. The summed E-state index contributed by atoms with van der Waals surface area (Å²) >= 11 is 0. The Labute approximate surface area is 186 Å². The second-order valence-corrected chi connectivity index (χ2v) is 8.17. The molecule has 0 unspecified atom stereocenters. The fraction of sp³-hybridized carbons (Fsp3) is 0.409. The van der Waals surface area contributed by atoms with Crippen LogP contribution in [0.15, 0.2) is 30.9 Å². The van der Waals surface area contributed by atoms with Gasteiger partial charge < -0.3 is 20.5 Å². The van der Waals surface area contributed by atoms with Crippen molar-refractivity contribution in [3.8, 4) is 11.4 Å². The van der Waals surface area contributed by atoms with Crippen molar-refractivity contribution in [2.24, 2.45) is 7.05 Å². The Morgan fingerprint density at radius 1 is 1.19 bits per heavy atom. The summed E-state index contributed by atoms with van der Waals surface area (Å²) in [6.07, 6.45) is 7.17. The largest absolute Gasteiger partial charge is 0.382 e. The third kappa shape index (κ3) is 3.41. The van der Waals surface area contributed by atoms with Gasteiger partial charge in [-0.1, -0.05) is 0 Å². The summed E-state index contributed by atoms with van der Waals surface area (Å²) in [4.78, 5) is 20.6. The second-order valence-electron chi connectivity index (χ2n) is 8.17. The number of hydrogen-bond donors (Lipinski definition) is 2. The normalized spacial score (nSPS) is 14.9. The summed E-state index contributed by atoms with van der Waals surface area (Å²) in [7, 11) is 2.00. The highest BCUT2D eigenvalue weighted by atomic mass is 15.3. The number of nitrogens with one attached hydrogen (secondary N) is 1. The number of imidazole rings is 1. The second kappa shape index (κ2) is 8.10. The highest BCUT2D eigenvalue weighted by Gasteiger charge is 2.25. The van der Waals surface area contributed by atoms with E-state index in [1.165, 1.54) is 0 Å². The number of hydrogen-bond acceptors (Lipinski definition) is 8. The molecule has 166 valence electrons. The molecular weight excluding hydrogens is 404 g/mol. The zero-order valence-electron chi connectivity index (χ0n) is 18.7. The van der Waals surface area contributed by atoms with Gasteiger partial charge in [-0.3, -0.25) is 4.68 Å². The van der Waals surface area contributed by atoms with E-state index in [1.807, 2.05) is 34.6 Å². The molecule has 1 fully saturated rings. The van der Waals surface area contributed by atoms with Gasteiger partial charge in [-0.05, 0) is 38.8 Å². The van der Waals surface area contributed by atoms with Crippen LogP contribution in [0.1, 0.15) is 25.5 Å². The molecule has 1 saturated heterocycles. The number of nitrogens with two attached hydrogens (primary N) is 1. The maximum atomic E-state index is 5.99. The highest BCUT2D eigenvalue weighted by Crippen LogP contribution is 2.31. The topological polar surface area (TPSA) is 116 Å². The molecule has 4 aromatic rings. The van der Waals surface area contributed by atoms with E-state index in [1.54, 1.807) is 12.5 Å². The van der Waals surface area contributed by atoms with Crippen LogP contribution in [-0.2, 0) is 13.6 Å². The van der Waals surface area contributed by atoms with Gasteiger partial charge in [-0.2, -0.15) is 5.10 Å². The monoisotopic (exact) mass is 432 g/mol. The van der Waals surface area contributed by atoms with Crippen molar-refractivity contribution < 1.29 is 0 Å². The number of aromatic nitrogens is 7. The molecule has 3 N–H and O–H groups in total. The maximum Gasteiger partial charge on any atom is 0.165 e. The Bertz CT molecular complexity index is 1250. The van der Waals surface area contributed by atoms with Crippen molar-refractivity contribution in [3.63, 3.8) is 0 Å². The summed E-state index contributed by atoms with van der Waals surface area (Å²) in [5, 5.41) is 8.01. The predicted molar refractivity (Wildman–Crippen MR) is 125 cm³/mol. The average molecular weight is 433 g/mol. The molecule has 0 aliphatic carbocycles. The van der Waals surface area contributed by atoms with Crippen LogP contribution in [0.4, 0.5) is 17.3 Å². The van der Waals surface area contributed by atoms with Crippen molar-refractivity contribution in [3.05, 3.63) is 36.5 Å². The van der Waals surface area contributed by atoms with Crippen LogP contribution in [0.2, 0.25) is 0 Å². The van der Waals surface area contributed by atoms with Gasteiger partial charge in [0.2, 0.25) is 0 Å². The first kappa shape index (κ1) is 20.2. The van der Waals surface area contributed by atoms with E-state index in [0.717, 1.165) is 72.2 Å². The van der Waals surface area contributed by atoms with E-state index in [9.17, 15) is 0 Å². The lowest BCUT2D eigenvalue weighted by Crippen LogP contribution is -2.39. The fourth-order valence-corrected chi connectivity index (χ4v) is 4.44. The van der Waals surface area contributed by atoms with Gasteiger partial charge in [0.1, 0.15) is 18.0 Å². The molecule has 5 heterocycles. The first-order valence-electron chi connectivity index (χ1n) is 11.0. The van der Waals surface area contributed by atoms with Gasteiger partial charge in [0, 0.05) is 44.6 Å². The standard InChI is InChI=1S/C22H28N10/c1-4-32-14(2)16(12-27-32)20-29-18-21(30(20)3)25-13-26-22(18)31-10-7-15(8-11-31)28-17-6-5-9-24-19(17)23/h5-6,9,12-13,15,28H,4,7-8,10-11H2,1-3H3,(H2,23,24). The van der Waals surface area contributed by atoms with Crippen LogP contribution in [0.3, 0.4) is 0 Å². The zero-order valence-corrected chi connectivity index (χ0v) is 18.7. The third-order valence-corrected chi connectivity index (χ3v) is 6.27. The number of rotatable bonds is 5. The molecule has 32 heavy (non-hydrogen) atoms. The van der Waals surface area contributed by atoms with E-state index in [4.69, 9.17) is 10.7 Å². The van der Waals surface area contributed by atoms with Crippen LogP contribution in [-0.4, -0.2) is 53.4 Å². The molecule has 1 aliphatic rings. The number of nitrogens with zero attached hydrogens (tertiary/aromatic N) is 8. The van der Waals surface area contributed by atoms with E-state index < -0.39 is 0 Å². The van der Waals surface area contributed by atoms with E-state index in [2.05, 4.69) is 44.1 Å². The molecule has 1 aliphatic heterocycles. The van der Waals surface area contributed by atoms with Crippen LogP contribution in [0, 0.1) is 6.92 Å². The lowest BCUT2D eigenvalue weighted by Gasteiger charge is -2.33. The van der Waals surface area contributed by atoms with Crippen LogP contribution in [0.5, 0.6) is 0 Å². The van der Waals surface area contributed by atoms with Crippen molar-refractivity contribution in [1.82, 2.24) is 34.3 Å². The Morgan fingerprint density at radius 2 is 2.00 bits per heavy atom. The van der Waals surface area contributed by atoms with Crippen LogP contribution < -0.4 is 16.0 Å². The van der Waals surface area contributed by atoms with Gasteiger partial charge in [-0.25, -0.2) is 19.9 Å². The molecule has 0 atom stereocenters. The van der Waals surface area contributed by atoms with Crippen LogP contribution in [0.25, 0.3) is 22.6 Å². The molecule has 0 amide bonds. The summed E-state index contributed by atoms with van der Waals surface area (Å²) in [5.41, 5.74) is 10.7. The minimum absolute atomic E-state index is 0.344. The van der Waals surface area contributed by atoms with Gasteiger partial charge in [-0.15, -0.1) is 0 Å². The number of pyridine rings is 1. The van der Waals surface area contributed by atoms with Crippen molar-refractivity contribution in [2.45, 2.75) is 39.3 Å². The lowest BCUT2D eigenvalue weighted by atomic mass is 10.0. The maximum absolute atomic E-state index is 5.99. The van der Waals surface area contributed by atoms with Crippen molar-refractivity contribution in [1.29, 1.82) is 0 Å². The molecule has 10 nitrogen and oxygen atoms in total. The van der Waals surface area contributed by atoms with Crippen molar-refractivity contribution >= 4 is 28.5 Å². The Balaban J connectivity index is 1.39. The zero-order chi connectivity index (χ0) is 22.2. The number of anilines is 3. The minimum Gasteiger partial charge on any atom is -0.382 e. The molecule has 0 saturated carbocycles. The minimum atomic E-state index is 0.344. The van der Waals surface area contributed by atoms with Crippen molar-refractivity contribution in [2.75, 3.05) is 29.0 Å². The summed E-state index contributed by atoms with van der Waals surface area (Å²) < 4.78 is 4.01. The van der Waals surface area contributed by atoms with E-state index in [0.29, 0.717) is 11.9 Å². The van der Waals surface area contributed by atoms with Crippen LogP contribution >= 0.6 is 0 Å². The molecule has 5 rings (SSSR count). The molecule has 0 radical (unpaired) electrons. The van der Waals surface area contributed by atoms with E-state index in [-0.39, 0.29) is 0 Å². The van der Waals surface area contributed by atoms with Gasteiger partial charge in [0.15, 0.2) is 17.0 Å². The van der Waals surface area contributed by atoms with Gasteiger partial charge in [0.05, 0.1) is 17.4 Å². The molecule has 0 bridgehead atoms. The molecule has 4 aromatic heterocycles. The summed E-state index contributed by atoms with van der Waals surface area (Å²) in [6, 6.07) is 4.22. The Morgan fingerprint density at radius 3 is 2.72 bits per heavy atom. The van der Waals surface area contributed by atoms with Gasteiger partial charge in [0.25, 0.3) is 0 Å². The first-order chi connectivity index (χ1) is 15.6. The SMILES string of the molecule is CCn1ncc(-c2nc3c(N4CCC(Nc5cccnc5N)CC4)ncnc3n2C)c1C. The fourth-order valence-electron chi connectivity index (χ4n) is 4.44. The molecule has 10 heteroatoms. The Kier molecular flexibility index (Phi) is 5.12. The highest BCUT2D eigenvalue weighted by molar-refractivity contribution is 5.87. The third-order valence-electron chi connectivity index (χ3n) is 6.27. The van der Waals surface area contributed by atoms with E-state index >= 15 is 0 Å². The average Bonchev–Trinajstić information content (AvgIpc) is 3.35. The quantitative estimate of drug-likeness (QED) is 0.494. The summed E-state index contributed by atoms with van der Waals surface area (Å²) in [6.45, 7) is 6.74. The summed E-state index contributed by atoms with van der Waals surface area (Å²) in [5.74, 6) is 2.29. The number of nitrogen functional groups attached to an aromatic ring is 1. The van der Waals surface area contributed by atoms with Gasteiger partial charge >= 0.3 is 0 Å². The molecular formula is C22H28N10.